The summed E-state index contributed by atoms with van der Waals surface area (Å²) >= 11 is 0. The van der Waals surface area contributed by atoms with Crippen molar-refractivity contribution in [2.24, 2.45) is 0 Å². The van der Waals surface area contributed by atoms with E-state index in [1.807, 2.05) is 0 Å². The van der Waals surface area contributed by atoms with Gasteiger partial charge in [-0.1, -0.05) is 66.1 Å². The predicted octanol–water partition coefficient (Wildman–Crippen LogP) is 4.98. The molecule has 1 aliphatic rings. The van der Waals surface area contributed by atoms with Crippen LogP contribution in [-0.4, -0.2) is 0 Å². The third-order valence-corrected chi connectivity index (χ3v) is 2.70. The fourth-order valence-corrected chi connectivity index (χ4v) is 1.57. The highest BCUT2D eigenvalue weighted by Crippen LogP contribution is 2.11. The SMILES string of the molecule is CCC1=CCCC=C1.Cc1ccc(C)cc1. The number of hydrogen-bond acceptors (Lipinski definition) is 0. The normalized spacial score (nSPS) is 13.8. The molecule has 0 nitrogen and oxygen atoms in total. The first-order valence-corrected chi connectivity index (χ1v) is 6.11. The predicted molar refractivity (Wildman–Crippen MR) is 72.7 cm³/mol. The smallest absolute Gasteiger partial charge is 0.0310 e. The van der Waals surface area contributed by atoms with E-state index in [-0.39, 0.29) is 0 Å². The standard InChI is InChI=1S/C8H10.C8H12/c1-7-3-5-8(2)6-4-7;1-2-8-6-4-3-5-7-8/h3-6H,1-2H3;4,6-7H,2-3,5H2,1H3. The van der Waals surface area contributed by atoms with Crippen molar-refractivity contribution in [2.45, 2.75) is 40.0 Å². The molecule has 0 atom stereocenters. The molecule has 0 aliphatic heterocycles. The molecule has 0 saturated heterocycles. The lowest BCUT2D eigenvalue weighted by molar-refractivity contribution is 0.984. The third-order valence-electron chi connectivity index (χ3n) is 2.70. The van der Waals surface area contributed by atoms with Crippen molar-refractivity contribution in [1.82, 2.24) is 0 Å². The molecule has 0 fully saturated rings. The first-order chi connectivity index (χ1) is 7.72. The molecule has 2 rings (SSSR count). The van der Waals surface area contributed by atoms with Gasteiger partial charge in [-0.25, -0.2) is 0 Å². The molecule has 0 N–H and O–H groups in total. The molecule has 1 aromatic carbocycles. The van der Waals surface area contributed by atoms with Crippen molar-refractivity contribution in [3.05, 3.63) is 59.2 Å². The van der Waals surface area contributed by atoms with Crippen molar-refractivity contribution < 1.29 is 0 Å². The van der Waals surface area contributed by atoms with Crippen LogP contribution in [0, 0.1) is 13.8 Å². The molecule has 1 aromatic rings. The van der Waals surface area contributed by atoms with Crippen LogP contribution >= 0.6 is 0 Å². The lowest BCUT2D eigenvalue weighted by Gasteiger charge is -2.01. The Kier molecular flexibility index (Phi) is 5.63. The maximum Gasteiger partial charge on any atom is -0.0310 e. The van der Waals surface area contributed by atoms with Crippen LogP contribution in [0.3, 0.4) is 0 Å². The highest BCUT2D eigenvalue weighted by molar-refractivity contribution is 5.21. The Balaban J connectivity index is 0.000000160. The van der Waals surface area contributed by atoms with Gasteiger partial charge in [0, 0.05) is 0 Å². The van der Waals surface area contributed by atoms with E-state index >= 15 is 0 Å². The van der Waals surface area contributed by atoms with Crippen molar-refractivity contribution in [3.8, 4) is 0 Å². The van der Waals surface area contributed by atoms with E-state index in [0.717, 1.165) is 0 Å². The van der Waals surface area contributed by atoms with E-state index in [0.29, 0.717) is 0 Å². The monoisotopic (exact) mass is 214 g/mol. The fraction of sp³-hybridized carbons (Fsp3) is 0.375. The van der Waals surface area contributed by atoms with Crippen molar-refractivity contribution in [1.29, 1.82) is 0 Å². The molecule has 0 amide bonds. The Hall–Kier alpha value is -1.30. The van der Waals surface area contributed by atoms with Crippen molar-refractivity contribution >= 4 is 0 Å². The zero-order chi connectivity index (χ0) is 11.8. The molecule has 0 spiro atoms. The molecule has 0 bridgehead atoms. The number of rotatable bonds is 1. The van der Waals surface area contributed by atoms with Crippen LogP contribution in [0.4, 0.5) is 0 Å². The molecule has 0 aromatic heterocycles. The van der Waals surface area contributed by atoms with Crippen LogP contribution in [0.5, 0.6) is 0 Å². The van der Waals surface area contributed by atoms with Gasteiger partial charge in [0.25, 0.3) is 0 Å². The Morgan fingerprint density at radius 2 is 1.50 bits per heavy atom. The largest absolute Gasteiger partial charge is 0.0840 e. The van der Waals surface area contributed by atoms with Gasteiger partial charge in [0.05, 0.1) is 0 Å². The van der Waals surface area contributed by atoms with Gasteiger partial charge in [0.15, 0.2) is 0 Å². The van der Waals surface area contributed by atoms with E-state index in [4.69, 9.17) is 0 Å². The average Bonchev–Trinajstić information content (AvgIpc) is 2.35. The van der Waals surface area contributed by atoms with Crippen LogP contribution in [0.2, 0.25) is 0 Å². The first kappa shape index (κ1) is 12.8. The second-order valence-corrected chi connectivity index (χ2v) is 4.27. The lowest BCUT2D eigenvalue weighted by atomic mass is 10.1. The summed E-state index contributed by atoms with van der Waals surface area (Å²) < 4.78 is 0. The number of benzene rings is 1. The summed E-state index contributed by atoms with van der Waals surface area (Å²) in [6.07, 6.45) is 10.5. The summed E-state index contributed by atoms with van der Waals surface area (Å²) in [5.74, 6) is 0. The average molecular weight is 214 g/mol. The first-order valence-electron chi connectivity index (χ1n) is 6.11. The molecule has 0 unspecified atom stereocenters. The topological polar surface area (TPSA) is 0 Å². The van der Waals surface area contributed by atoms with E-state index in [9.17, 15) is 0 Å². The van der Waals surface area contributed by atoms with Gasteiger partial charge < -0.3 is 0 Å². The van der Waals surface area contributed by atoms with E-state index in [2.05, 4.69) is 63.3 Å². The number of aryl methyl sites for hydroxylation is 2. The van der Waals surface area contributed by atoms with Gasteiger partial charge >= 0.3 is 0 Å². The highest BCUT2D eigenvalue weighted by atomic mass is 14.0. The van der Waals surface area contributed by atoms with Gasteiger partial charge in [0.2, 0.25) is 0 Å². The minimum Gasteiger partial charge on any atom is -0.0840 e. The maximum atomic E-state index is 2.32. The second-order valence-electron chi connectivity index (χ2n) is 4.27. The minimum absolute atomic E-state index is 1.19. The van der Waals surface area contributed by atoms with Crippen LogP contribution < -0.4 is 0 Å². The minimum atomic E-state index is 1.19. The molecule has 16 heavy (non-hydrogen) atoms. The summed E-state index contributed by atoms with van der Waals surface area (Å²) in [5.41, 5.74) is 4.16. The molecular weight excluding hydrogens is 192 g/mol. The number of hydrogen-bond donors (Lipinski definition) is 0. The summed E-state index contributed by atoms with van der Waals surface area (Å²) in [6.45, 7) is 6.39. The molecule has 0 heterocycles. The molecule has 1 aliphatic carbocycles. The van der Waals surface area contributed by atoms with Gasteiger partial charge in [-0.2, -0.15) is 0 Å². The van der Waals surface area contributed by atoms with E-state index in [1.54, 1.807) is 0 Å². The lowest BCUT2D eigenvalue weighted by Crippen LogP contribution is -1.80. The van der Waals surface area contributed by atoms with Crippen LogP contribution in [0.1, 0.15) is 37.3 Å². The Morgan fingerprint density at radius 1 is 0.938 bits per heavy atom. The van der Waals surface area contributed by atoms with E-state index in [1.165, 1.54) is 36.0 Å². The van der Waals surface area contributed by atoms with Gasteiger partial charge in [0.1, 0.15) is 0 Å². The van der Waals surface area contributed by atoms with Gasteiger partial charge in [-0.15, -0.1) is 0 Å². The summed E-state index contributed by atoms with van der Waals surface area (Å²) in [7, 11) is 0. The zero-order valence-electron chi connectivity index (χ0n) is 10.7. The fourth-order valence-electron chi connectivity index (χ4n) is 1.57. The Morgan fingerprint density at radius 3 is 1.81 bits per heavy atom. The van der Waals surface area contributed by atoms with Gasteiger partial charge in [-0.05, 0) is 33.1 Å². The summed E-state index contributed by atoms with van der Waals surface area (Å²) in [4.78, 5) is 0. The molecule has 0 heteroatoms. The van der Waals surface area contributed by atoms with Crippen LogP contribution in [-0.2, 0) is 0 Å². The third kappa shape index (κ3) is 4.97. The highest BCUT2D eigenvalue weighted by Gasteiger charge is 1.90. The van der Waals surface area contributed by atoms with E-state index < -0.39 is 0 Å². The zero-order valence-corrected chi connectivity index (χ0v) is 10.7. The van der Waals surface area contributed by atoms with Crippen molar-refractivity contribution in [3.63, 3.8) is 0 Å². The molecule has 0 saturated carbocycles. The molecule has 0 radical (unpaired) electrons. The second kappa shape index (κ2) is 7.05. The Bertz CT molecular complexity index is 331. The quantitative estimate of drug-likeness (QED) is 0.618. The number of allylic oxidation sites excluding steroid dienone is 4. The Labute approximate surface area is 99.7 Å². The van der Waals surface area contributed by atoms with Crippen molar-refractivity contribution in [2.75, 3.05) is 0 Å². The maximum absolute atomic E-state index is 2.32. The van der Waals surface area contributed by atoms with Crippen LogP contribution in [0.25, 0.3) is 0 Å². The van der Waals surface area contributed by atoms with Gasteiger partial charge in [-0.3, -0.25) is 0 Å². The summed E-state index contributed by atoms with van der Waals surface area (Å²) in [6, 6.07) is 8.48. The summed E-state index contributed by atoms with van der Waals surface area (Å²) in [5, 5.41) is 0. The molecule has 86 valence electrons. The van der Waals surface area contributed by atoms with Crippen LogP contribution in [0.15, 0.2) is 48.1 Å². The molecular formula is C16H22.